The molecule has 0 bridgehead atoms. The number of aliphatic imine (C=N–C) groups is 1. The van der Waals surface area contributed by atoms with E-state index >= 15 is 0 Å². The van der Waals surface area contributed by atoms with E-state index in [1.807, 2.05) is 0 Å². The summed E-state index contributed by atoms with van der Waals surface area (Å²) in [6.07, 6.45) is -1.67. The van der Waals surface area contributed by atoms with Crippen LogP contribution in [-0.2, 0) is 6.18 Å². The van der Waals surface area contributed by atoms with Crippen molar-refractivity contribution in [3.63, 3.8) is 0 Å². The van der Waals surface area contributed by atoms with Crippen molar-refractivity contribution in [1.29, 1.82) is 5.41 Å². The first-order valence-electron chi connectivity index (χ1n) is 5.59. The molecule has 0 unspecified atom stereocenters. The van der Waals surface area contributed by atoms with Gasteiger partial charge >= 0.3 is 35.7 Å². The van der Waals surface area contributed by atoms with E-state index in [0.717, 1.165) is 6.07 Å². The standard InChI is InChI=1S/C14H10F3N2O.Na/c1-7-3-4-10(19-13(7)18)12-8(2)5-9(6-11(12)20)14(15,16)17;/h1,3-6,18,20H,2H3;/q-1;+1. The third-order valence-corrected chi connectivity index (χ3v) is 2.82. The smallest absolute Gasteiger partial charge is 0.507 e. The number of benzene rings is 1. The van der Waals surface area contributed by atoms with Gasteiger partial charge in [-0.15, -0.1) is 0 Å². The number of aryl methyl sites for hydroxylation is 1. The van der Waals surface area contributed by atoms with E-state index in [-0.39, 0.29) is 57.8 Å². The van der Waals surface area contributed by atoms with Crippen LogP contribution in [0.5, 0.6) is 5.75 Å². The van der Waals surface area contributed by atoms with E-state index in [1.54, 1.807) is 0 Å². The zero-order valence-electron chi connectivity index (χ0n) is 11.4. The van der Waals surface area contributed by atoms with Gasteiger partial charge in [-0.1, -0.05) is 6.08 Å². The molecule has 2 rings (SSSR count). The summed E-state index contributed by atoms with van der Waals surface area (Å²) in [4.78, 5) is 3.86. The molecule has 0 spiro atoms. The molecule has 2 N–H and O–H groups in total. The minimum atomic E-state index is -4.53. The van der Waals surface area contributed by atoms with Crippen LogP contribution in [0.4, 0.5) is 13.2 Å². The summed E-state index contributed by atoms with van der Waals surface area (Å²) >= 11 is 0. The summed E-state index contributed by atoms with van der Waals surface area (Å²) in [6, 6.07) is 1.57. The molecule has 1 aromatic carbocycles. The van der Waals surface area contributed by atoms with E-state index in [4.69, 9.17) is 12.0 Å². The molecule has 1 heterocycles. The van der Waals surface area contributed by atoms with E-state index in [0.29, 0.717) is 6.07 Å². The Hall–Kier alpha value is -1.37. The van der Waals surface area contributed by atoms with Gasteiger partial charge < -0.3 is 10.5 Å². The molecular formula is C14H10F3N2NaO. The molecule has 1 aliphatic heterocycles. The van der Waals surface area contributed by atoms with Crippen molar-refractivity contribution < 1.29 is 47.8 Å². The van der Waals surface area contributed by atoms with Crippen molar-refractivity contribution in [2.24, 2.45) is 4.99 Å². The number of nitrogens with zero attached hydrogens (tertiary/aromatic N) is 1. The molecule has 0 amide bonds. The van der Waals surface area contributed by atoms with E-state index < -0.39 is 17.5 Å². The average molecular weight is 302 g/mol. The fourth-order valence-corrected chi connectivity index (χ4v) is 1.87. The van der Waals surface area contributed by atoms with E-state index in [2.05, 4.69) is 4.99 Å². The quantitative estimate of drug-likeness (QED) is 0.573. The van der Waals surface area contributed by atoms with Crippen LogP contribution < -0.4 is 29.6 Å². The Kier molecular flexibility index (Phi) is 5.20. The summed E-state index contributed by atoms with van der Waals surface area (Å²) in [5.74, 6) is -0.727. The third-order valence-electron chi connectivity index (χ3n) is 2.82. The topological polar surface area (TPSA) is 56.4 Å². The predicted molar refractivity (Wildman–Crippen MR) is 69.1 cm³/mol. The average Bonchev–Trinajstić information content (AvgIpc) is 2.31. The summed E-state index contributed by atoms with van der Waals surface area (Å²) in [7, 11) is 0. The largest absolute Gasteiger partial charge is 1.00 e. The van der Waals surface area contributed by atoms with Crippen molar-refractivity contribution in [2.75, 3.05) is 0 Å². The SMILES string of the molecule is [CH-]=C1C=CC(c2c(C)cc(C(F)(F)F)cc2O)=NC1=N.[Na+]. The van der Waals surface area contributed by atoms with Gasteiger partial charge in [-0.2, -0.15) is 24.8 Å². The zero-order chi connectivity index (χ0) is 15.1. The van der Waals surface area contributed by atoms with Gasteiger partial charge in [0.2, 0.25) is 0 Å². The number of aromatic hydroxyl groups is 1. The summed E-state index contributed by atoms with van der Waals surface area (Å²) in [5.41, 5.74) is -0.205. The van der Waals surface area contributed by atoms with Crippen molar-refractivity contribution >= 4 is 11.5 Å². The number of allylic oxidation sites excluding steroid dienone is 1. The zero-order valence-corrected chi connectivity index (χ0v) is 13.4. The number of phenols is 1. The Morgan fingerprint density at radius 1 is 1.24 bits per heavy atom. The number of phenolic OH excluding ortho intramolecular Hbond substituents is 1. The Balaban J connectivity index is 0.00000220. The molecule has 7 heteroatoms. The second-order valence-electron chi connectivity index (χ2n) is 4.32. The van der Waals surface area contributed by atoms with Crippen LogP contribution in [0, 0.1) is 18.9 Å². The van der Waals surface area contributed by atoms with Crippen LogP contribution >= 0.6 is 0 Å². The Bertz CT molecular complexity index is 652. The van der Waals surface area contributed by atoms with E-state index in [1.165, 1.54) is 19.1 Å². The number of halogens is 3. The normalized spacial score (nSPS) is 14.8. The van der Waals surface area contributed by atoms with Crippen LogP contribution in [0.15, 0.2) is 34.9 Å². The molecule has 1 aliphatic rings. The van der Waals surface area contributed by atoms with Crippen molar-refractivity contribution in [3.8, 4) is 5.75 Å². The maximum Gasteiger partial charge on any atom is 1.00 e. The molecule has 3 nitrogen and oxygen atoms in total. The number of hydrogen-bond acceptors (Lipinski definition) is 2. The molecule has 0 aromatic heterocycles. The van der Waals surface area contributed by atoms with Gasteiger partial charge in [0.15, 0.2) is 0 Å². The maximum absolute atomic E-state index is 12.6. The van der Waals surface area contributed by atoms with Gasteiger partial charge in [0.1, 0.15) is 5.75 Å². The molecule has 0 radical (unpaired) electrons. The molecule has 0 atom stereocenters. The number of dihydropyridines is 1. The Morgan fingerprint density at radius 2 is 1.86 bits per heavy atom. The molecule has 0 aliphatic carbocycles. The fourth-order valence-electron chi connectivity index (χ4n) is 1.87. The van der Waals surface area contributed by atoms with Crippen LogP contribution in [-0.4, -0.2) is 16.7 Å². The van der Waals surface area contributed by atoms with Gasteiger partial charge in [0, 0.05) is 17.1 Å². The van der Waals surface area contributed by atoms with Crippen LogP contribution in [0.3, 0.4) is 0 Å². The first-order valence-corrected chi connectivity index (χ1v) is 5.59. The maximum atomic E-state index is 12.6. The molecule has 1 aromatic rings. The summed E-state index contributed by atoms with van der Waals surface area (Å²) in [6.45, 7) is 6.90. The monoisotopic (exact) mass is 302 g/mol. The van der Waals surface area contributed by atoms with Crippen molar-refractivity contribution in [1.82, 2.24) is 0 Å². The number of alkyl halides is 3. The molecular weight excluding hydrogens is 292 g/mol. The number of rotatable bonds is 1. The van der Waals surface area contributed by atoms with Gasteiger partial charge in [0.05, 0.1) is 5.56 Å². The molecule has 0 fully saturated rings. The van der Waals surface area contributed by atoms with Crippen LogP contribution in [0.2, 0.25) is 0 Å². The number of amidine groups is 1. The van der Waals surface area contributed by atoms with Gasteiger partial charge in [-0.05, 0) is 24.6 Å². The van der Waals surface area contributed by atoms with E-state index in [9.17, 15) is 18.3 Å². The minimum absolute atomic E-state index is 0. The fraction of sp³-hybridized carbons (Fsp3) is 0.143. The molecule has 0 saturated carbocycles. The predicted octanol–water partition coefficient (Wildman–Crippen LogP) is 0.419. The molecule has 0 saturated heterocycles. The summed E-state index contributed by atoms with van der Waals surface area (Å²) in [5, 5.41) is 17.3. The first-order chi connectivity index (χ1) is 9.20. The van der Waals surface area contributed by atoms with Crippen LogP contribution in [0.25, 0.3) is 0 Å². The summed E-state index contributed by atoms with van der Waals surface area (Å²) < 4.78 is 37.9. The number of hydrogen-bond donors (Lipinski definition) is 2. The van der Waals surface area contributed by atoms with Gasteiger partial charge in [0.25, 0.3) is 0 Å². The minimum Gasteiger partial charge on any atom is -0.507 e. The second kappa shape index (κ2) is 6.17. The Labute approximate surface area is 141 Å². The first kappa shape index (κ1) is 17.7. The Morgan fingerprint density at radius 3 is 2.33 bits per heavy atom. The molecule has 21 heavy (non-hydrogen) atoms. The van der Waals surface area contributed by atoms with Gasteiger partial charge in [-0.3, -0.25) is 4.99 Å². The second-order valence-corrected chi connectivity index (χ2v) is 4.32. The van der Waals surface area contributed by atoms with Crippen molar-refractivity contribution in [2.45, 2.75) is 13.1 Å². The van der Waals surface area contributed by atoms with Crippen LogP contribution in [0.1, 0.15) is 16.7 Å². The molecule has 104 valence electrons. The van der Waals surface area contributed by atoms with Gasteiger partial charge in [-0.25, -0.2) is 6.58 Å². The third kappa shape index (κ3) is 3.64. The number of nitrogens with one attached hydrogen (secondary N) is 1. The van der Waals surface area contributed by atoms with Crippen molar-refractivity contribution in [3.05, 3.63) is 53.1 Å².